The Bertz CT molecular complexity index is 337. The number of nitrogens with zero attached hydrogens (tertiary/aromatic N) is 2. The van der Waals surface area contributed by atoms with E-state index in [4.69, 9.17) is 0 Å². The molecule has 2 unspecified atom stereocenters. The molecule has 17 heavy (non-hydrogen) atoms. The Balaban J connectivity index is 1.88. The molecule has 1 saturated carbocycles. The van der Waals surface area contributed by atoms with Crippen molar-refractivity contribution in [2.45, 2.75) is 50.9 Å². The van der Waals surface area contributed by atoms with Crippen LogP contribution >= 0.6 is 11.8 Å². The Morgan fingerprint density at radius 2 is 2.35 bits per heavy atom. The second kappa shape index (κ2) is 6.45. The van der Waals surface area contributed by atoms with Gasteiger partial charge in [-0.3, -0.25) is 0 Å². The van der Waals surface area contributed by atoms with Gasteiger partial charge in [0.1, 0.15) is 0 Å². The molecule has 3 nitrogen and oxygen atoms in total. The summed E-state index contributed by atoms with van der Waals surface area (Å²) in [6.07, 6.45) is 8.22. The molecule has 1 fully saturated rings. The smallest absolute Gasteiger partial charge is 0.0952 e. The Morgan fingerprint density at radius 1 is 1.47 bits per heavy atom. The highest BCUT2D eigenvalue weighted by Crippen LogP contribution is 2.36. The maximum Gasteiger partial charge on any atom is 0.0952 e. The van der Waals surface area contributed by atoms with Crippen molar-refractivity contribution < 1.29 is 0 Å². The molecule has 1 aliphatic carbocycles. The Hall–Kier alpha value is -0.480. The number of hydrogen-bond acceptors (Lipinski definition) is 3. The van der Waals surface area contributed by atoms with Gasteiger partial charge >= 0.3 is 0 Å². The van der Waals surface area contributed by atoms with Gasteiger partial charge in [0.15, 0.2) is 0 Å². The molecule has 0 radical (unpaired) electrons. The topological polar surface area (TPSA) is 29.9 Å². The first kappa shape index (κ1) is 13.0. The zero-order valence-corrected chi connectivity index (χ0v) is 11.7. The Morgan fingerprint density at radius 3 is 3.12 bits per heavy atom. The third-order valence-corrected chi connectivity index (χ3v) is 4.62. The van der Waals surface area contributed by atoms with Gasteiger partial charge in [0.25, 0.3) is 0 Å². The summed E-state index contributed by atoms with van der Waals surface area (Å²) < 4.78 is 2.32. The third kappa shape index (κ3) is 3.49. The van der Waals surface area contributed by atoms with E-state index < -0.39 is 0 Å². The molecule has 0 bridgehead atoms. The van der Waals surface area contributed by atoms with Crippen LogP contribution in [0.4, 0.5) is 0 Å². The second-order valence-electron chi connectivity index (χ2n) is 4.64. The summed E-state index contributed by atoms with van der Waals surface area (Å²) in [5.74, 6) is 1.24. The van der Waals surface area contributed by atoms with Gasteiger partial charge in [-0.25, -0.2) is 4.98 Å². The lowest BCUT2D eigenvalue weighted by Crippen LogP contribution is -2.12. The largest absolute Gasteiger partial charge is 0.334 e. The summed E-state index contributed by atoms with van der Waals surface area (Å²) in [7, 11) is 0. The molecule has 4 heteroatoms. The van der Waals surface area contributed by atoms with Crippen molar-refractivity contribution in [2.24, 2.45) is 0 Å². The number of nitrogens with one attached hydrogen (secondary N) is 1. The SMILES string of the molecule is CCNCc1cn(C2CCC(SCC)C2)cn1. The summed E-state index contributed by atoms with van der Waals surface area (Å²) in [6, 6.07) is 0.682. The standard InChI is InChI=1S/C13H23N3S/c1-3-14-8-11-9-16(10-15-11)12-5-6-13(7-12)17-4-2/h9-10,12-14H,3-8H2,1-2H3. The molecule has 1 aliphatic rings. The van der Waals surface area contributed by atoms with Crippen LogP contribution in [-0.2, 0) is 6.54 Å². The quantitative estimate of drug-likeness (QED) is 0.845. The molecule has 0 aliphatic heterocycles. The fraction of sp³-hybridized carbons (Fsp3) is 0.769. The summed E-state index contributed by atoms with van der Waals surface area (Å²) >= 11 is 2.11. The van der Waals surface area contributed by atoms with Crippen LogP contribution in [0.1, 0.15) is 44.8 Å². The molecule has 1 aromatic rings. The zero-order valence-electron chi connectivity index (χ0n) is 10.9. The number of thioether (sulfide) groups is 1. The molecule has 1 aromatic heterocycles. The van der Waals surface area contributed by atoms with Crippen LogP contribution in [0.2, 0.25) is 0 Å². The van der Waals surface area contributed by atoms with E-state index in [0.717, 1.165) is 18.3 Å². The predicted octanol–water partition coefficient (Wildman–Crippen LogP) is 2.84. The lowest BCUT2D eigenvalue weighted by molar-refractivity contribution is 0.518. The third-order valence-electron chi connectivity index (χ3n) is 3.39. The highest BCUT2D eigenvalue weighted by Gasteiger charge is 2.25. The predicted molar refractivity (Wildman–Crippen MR) is 74.4 cm³/mol. The van der Waals surface area contributed by atoms with E-state index in [-0.39, 0.29) is 0 Å². The van der Waals surface area contributed by atoms with Crippen LogP contribution in [0.5, 0.6) is 0 Å². The second-order valence-corrected chi connectivity index (χ2v) is 6.21. The average Bonchev–Trinajstić information content (AvgIpc) is 2.95. The Labute approximate surface area is 108 Å². The number of hydrogen-bond donors (Lipinski definition) is 1. The number of imidazole rings is 1. The summed E-state index contributed by atoms with van der Waals surface area (Å²) in [6.45, 7) is 6.28. The molecular weight excluding hydrogens is 230 g/mol. The highest BCUT2D eigenvalue weighted by atomic mass is 32.2. The van der Waals surface area contributed by atoms with Crippen LogP contribution < -0.4 is 5.32 Å². The van der Waals surface area contributed by atoms with Gasteiger partial charge in [0.05, 0.1) is 12.0 Å². The van der Waals surface area contributed by atoms with Crippen molar-refractivity contribution in [3.63, 3.8) is 0 Å². The molecule has 0 spiro atoms. The molecular formula is C13H23N3S. The van der Waals surface area contributed by atoms with E-state index in [9.17, 15) is 0 Å². The van der Waals surface area contributed by atoms with Gasteiger partial charge in [-0.1, -0.05) is 13.8 Å². The summed E-state index contributed by atoms with van der Waals surface area (Å²) in [5, 5.41) is 4.18. The maximum atomic E-state index is 4.46. The van der Waals surface area contributed by atoms with Gasteiger partial charge in [-0.05, 0) is 31.6 Å². The van der Waals surface area contributed by atoms with Gasteiger partial charge in [-0.15, -0.1) is 0 Å². The molecule has 2 atom stereocenters. The lowest BCUT2D eigenvalue weighted by atomic mass is 10.2. The summed E-state index contributed by atoms with van der Waals surface area (Å²) in [4.78, 5) is 4.46. The normalized spacial score (nSPS) is 24.4. The van der Waals surface area contributed by atoms with Crippen molar-refractivity contribution in [3.05, 3.63) is 18.2 Å². The van der Waals surface area contributed by atoms with Gasteiger partial charge in [0, 0.05) is 24.0 Å². The molecule has 1 heterocycles. The van der Waals surface area contributed by atoms with E-state index >= 15 is 0 Å². The van der Waals surface area contributed by atoms with E-state index in [0.29, 0.717) is 6.04 Å². The lowest BCUT2D eigenvalue weighted by Gasteiger charge is -2.11. The van der Waals surface area contributed by atoms with Gasteiger partial charge in [0.2, 0.25) is 0 Å². The van der Waals surface area contributed by atoms with Gasteiger partial charge < -0.3 is 9.88 Å². The van der Waals surface area contributed by atoms with Crippen LogP contribution in [0.3, 0.4) is 0 Å². The number of aromatic nitrogens is 2. The molecule has 0 saturated heterocycles. The van der Waals surface area contributed by atoms with E-state index in [1.807, 2.05) is 6.33 Å². The van der Waals surface area contributed by atoms with Crippen molar-refractivity contribution >= 4 is 11.8 Å². The Kier molecular flexibility index (Phi) is 4.92. The molecule has 96 valence electrons. The van der Waals surface area contributed by atoms with E-state index in [1.54, 1.807) is 0 Å². The average molecular weight is 253 g/mol. The molecule has 0 aromatic carbocycles. The first-order valence-corrected chi connectivity index (χ1v) is 7.73. The van der Waals surface area contributed by atoms with E-state index in [2.05, 4.69) is 46.7 Å². The number of rotatable bonds is 6. The highest BCUT2D eigenvalue weighted by molar-refractivity contribution is 7.99. The zero-order chi connectivity index (χ0) is 12.1. The minimum atomic E-state index is 0.682. The van der Waals surface area contributed by atoms with E-state index in [1.165, 1.54) is 30.7 Å². The fourth-order valence-electron chi connectivity index (χ4n) is 2.50. The maximum absolute atomic E-state index is 4.46. The van der Waals surface area contributed by atoms with Crippen molar-refractivity contribution in [2.75, 3.05) is 12.3 Å². The fourth-order valence-corrected chi connectivity index (χ4v) is 3.63. The monoisotopic (exact) mass is 253 g/mol. The first-order valence-electron chi connectivity index (χ1n) is 6.68. The first-order chi connectivity index (χ1) is 8.33. The van der Waals surface area contributed by atoms with Gasteiger partial charge in [-0.2, -0.15) is 11.8 Å². The van der Waals surface area contributed by atoms with Crippen LogP contribution in [-0.4, -0.2) is 27.1 Å². The minimum absolute atomic E-state index is 0.682. The molecule has 2 rings (SSSR count). The van der Waals surface area contributed by atoms with Crippen LogP contribution in [0.15, 0.2) is 12.5 Å². The van der Waals surface area contributed by atoms with Crippen molar-refractivity contribution in [1.29, 1.82) is 0 Å². The molecule has 0 amide bonds. The van der Waals surface area contributed by atoms with Crippen LogP contribution in [0.25, 0.3) is 0 Å². The van der Waals surface area contributed by atoms with Crippen molar-refractivity contribution in [1.82, 2.24) is 14.9 Å². The minimum Gasteiger partial charge on any atom is -0.334 e. The molecule has 1 N–H and O–H groups in total. The van der Waals surface area contributed by atoms with Crippen molar-refractivity contribution in [3.8, 4) is 0 Å². The summed E-state index contributed by atoms with van der Waals surface area (Å²) in [5.41, 5.74) is 1.17. The van der Waals surface area contributed by atoms with Crippen LogP contribution in [0, 0.1) is 0 Å².